The van der Waals surface area contributed by atoms with E-state index in [4.69, 9.17) is 0 Å². The number of aryl methyl sites for hydroxylation is 2. The van der Waals surface area contributed by atoms with E-state index in [9.17, 15) is 19.2 Å². The number of benzene rings is 1. The second-order valence-electron chi connectivity index (χ2n) is 6.73. The molecule has 2 aromatic heterocycles. The van der Waals surface area contributed by atoms with Gasteiger partial charge in [-0.15, -0.1) is 11.3 Å². The number of rotatable bonds is 6. The van der Waals surface area contributed by atoms with Crippen LogP contribution in [0.2, 0.25) is 0 Å². The monoisotopic (exact) mass is 427 g/mol. The largest absolute Gasteiger partial charge is 0.345 e. The van der Waals surface area contributed by atoms with Gasteiger partial charge in [-0.05, 0) is 37.6 Å². The van der Waals surface area contributed by atoms with E-state index >= 15 is 0 Å². The van der Waals surface area contributed by atoms with Crippen molar-refractivity contribution < 1.29 is 14.4 Å². The second-order valence-corrected chi connectivity index (χ2v) is 7.93. The van der Waals surface area contributed by atoms with E-state index in [0.717, 1.165) is 10.4 Å². The summed E-state index contributed by atoms with van der Waals surface area (Å²) in [5.41, 5.74) is 1.61. The third-order valence-electron chi connectivity index (χ3n) is 4.38. The lowest BCUT2D eigenvalue weighted by Crippen LogP contribution is -2.37. The molecule has 0 atom stereocenters. The minimum atomic E-state index is -0.481. The van der Waals surface area contributed by atoms with Crippen LogP contribution in [-0.4, -0.2) is 33.8 Å². The molecule has 156 valence electrons. The van der Waals surface area contributed by atoms with E-state index in [1.807, 2.05) is 13.8 Å². The predicted molar refractivity (Wildman–Crippen MR) is 116 cm³/mol. The molecule has 3 amide bonds. The number of carbonyl (C=O) groups excluding carboxylic acids is 3. The fourth-order valence-corrected chi connectivity index (χ4v) is 3.84. The van der Waals surface area contributed by atoms with Crippen LogP contribution in [0.5, 0.6) is 0 Å². The molecule has 3 rings (SSSR count). The lowest BCUT2D eigenvalue weighted by Gasteiger charge is -2.09. The van der Waals surface area contributed by atoms with E-state index in [1.54, 1.807) is 24.3 Å². The lowest BCUT2D eigenvalue weighted by molar-refractivity contribution is -0.124. The van der Waals surface area contributed by atoms with Gasteiger partial charge in [0.25, 0.3) is 5.56 Å². The zero-order chi connectivity index (χ0) is 21.8. The van der Waals surface area contributed by atoms with Crippen molar-refractivity contribution >= 4 is 50.6 Å². The number of aromatic nitrogens is 2. The number of amides is 3. The van der Waals surface area contributed by atoms with Crippen LogP contribution in [0, 0.1) is 13.8 Å². The average molecular weight is 427 g/mol. The molecule has 0 saturated carbocycles. The molecule has 0 fully saturated rings. The predicted octanol–water partition coefficient (Wildman–Crippen LogP) is 1.79. The molecule has 3 N–H and O–H groups in total. The number of carbonyl (C=O) groups is 3. The maximum absolute atomic E-state index is 12.6. The molecule has 9 nitrogen and oxygen atoms in total. The molecule has 0 aliphatic carbocycles. The van der Waals surface area contributed by atoms with Gasteiger partial charge in [-0.3, -0.25) is 23.7 Å². The normalized spacial score (nSPS) is 10.6. The standard InChI is InChI=1S/C20H21N5O4S/c1-11-12(2)30-19-18(11)20(29)25(10-22-19)9-17(28)21-8-16(27)24-15-6-4-5-14(7-15)23-13(3)26/h4-7,10H,8-9H2,1-3H3,(H,21,28)(H,23,26)(H,24,27). The Kier molecular flexibility index (Phi) is 6.26. The van der Waals surface area contributed by atoms with E-state index in [0.29, 0.717) is 21.6 Å². The maximum Gasteiger partial charge on any atom is 0.262 e. The fourth-order valence-electron chi connectivity index (χ4n) is 2.86. The van der Waals surface area contributed by atoms with Gasteiger partial charge < -0.3 is 16.0 Å². The fraction of sp³-hybridized carbons (Fsp3) is 0.250. The zero-order valence-corrected chi connectivity index (χ0v) is 17.6. The highest BCUT2D eigenvalue weighted by molar-refractivity contribution is 7.18. The van der Waals surface area contributed by atoms with Gasteiger partial charge in [-0.2, -0.15) is 0 Å². The first-order valence-corrected chi connectivity index (χ1v) is 9.95. The zero-order valence-electron chi connectivity index (χ0n) is 16.7. The van der Waals surface area contributed by atoms with Gasteiger partial charge in [-0.25, -0.2) is 4.98 Å². The van der Waals surface area contributed by atoms with Crippen LogP contribution in [-0.2, 0) is 20.9 Å². The van der Waals surface area contributed by atoms with Crippen molar-refractivity contribution in [2.24, 2.45) is 0 Å². The van der Waals surface area contributed by atoms with Crippen LogP contribution >= 0.6 is 11.3 Å². The van der Waals surface area contributed by atoms with Gasteiger partial charge in [0.05, 0.1) is 18.3 Å². The first-order chi connectivity index (χ1) is 14.2. The number of hydrogen-bond donors (Lipinski definition) is 3. The van der Waals surface area contributed by atoms with Gasteiger partial charge in [-0.1, -0.05) is 6.07 Å². The van der Waals surface area contributed by atoms with E-state index in [2.05, 4.69) is 20.9 Å². The summed E-state index contributed by atoms with van der Waals surface area (Å²) >= 11 is 1.44. The van der Waals surface area contributed by atoms with Crippen molar-refractivity contribution in [3.8, 4) is 0 Å². The Morgan fingerprint density at radius 3 is 2.50 bits per heavy atom. The summed E-state index contributed by atoms with van der Waals surface area (Å²) < 4.78 is 1.23. The molecule has 0 aliphatic rings. The van der Waals surface area contributed by atoms with Gasteiger partial charge >= 0.3 is 0 Å². The van der Waals surface area contributed by atoms with Crippen molar-refractivity contribution in [2.45, 2.75) is 27.3 Å². The second kappa shape index (κ2) is 8.87. The maximum atomic E-state index is 12.6. The van der Waals surface area contributed by atoms with Gasteiger partial charge in [0.15, 0.2) is 0 Å². The Morgan fingerprint density at radius 2 is 1.80 bits per heavy atom. The molecular weight excluding hydrogens is 406 g/mol. The van der Waals surface area contributed by atoms with E-state index in [-0.39, 0.29) is 24.6 Å². The number of fused-ring (bicyclic) bond motifs is 1. The van der Waals surface area contributed by atoms with Crippen molar-refractivity contribution in [3.05, 3.63) is 51.4 Å². The Labute approximate surface area is 176 Å². The topological polar surface area (TPSA) is 122 Å². The van der Waals surface area contributed by atoms with Crippen molar-refractivity contribution in [1.29, 1.82) is 0 Å². The van der Waals surface area contributed by atoms with Crippen LogP contribution in [0.25, 0.3) is 10.2 Å². The molecule has 0 saturated heterocycles. The molecule has 0 spiro atoms. The van der Waals surface area contributed by atoms with Crippen molar-refractivity contribution in [1.82, 2.24) is 14.9 Å². The number of nitrogens with zero attached hydrogens (tertiary/aromatic N) is 2. The molecule has 30 heavy (non-hydrogen) atoms. The molecule has 0 unspecified atom stereocenters. The summed E-state index contributed by atoms with van der Waals surface area (Å²) in [7, 11) is 0. The summed E-state index contributed by atoms with van der Waals surface area (Å²) in [5, 5.41) is 8.26. The van der Waals surface area contributed by atoms with Crippen LogP contribution in [0.4, 0.5) is 11.4 Å². The van der Waals surface area contributed by atoms with Crippen LogP contribution in [0.1, 0.15) is 17.4 Å². The van der Waals surface area contributed by atoms with Crippen LogP contribution < -0.4 is 21.5 Å². The minimum Gasteiger partial charge on any atom is -0.345 e. The highest BCUT2D eigenvalue weighted by Crippen LogP contribution is 2.25. The highest BCUT2D eigenvalue weighted by Gasteiger charge is 2.14. The quantitative estimate of drug-likeness (QED) is 0.554. The summed E-state index contributed by atoms with van der Waals surface area (Å²) in [6.45, 7) is 4.67. The summed E-state index contributed by atoms with van der Waals surface area (Å²) in [6.07, 6.45) is 1.34. The first-order valence-electron chi connectivity index (χ1n) is 9.14. The summed E-state index contributed by atoms with van der Waals surface area (Å²) in [4.78, 5) is 53.9. The molecule has 1 aromatic carbocycles. The SMILES string of the molecule is CC(=O)Nc1cccc(NC(=O)CNC(=O)Cn2cnc3sc(C)c(C)c3c2=O)c1. The van der Waals surface area contributed by atoms with Gasteiger partial charge in [0, 0.05) is 23.2 Å². The molecule has 10 heteroatoms. The third kappa shape index (κ3) is 4.90. The lowest BCUT2D eigenvalue weighted by atomic mass is 10.2. The van der Waals surface area contributed by atoms with Gasteiger partial charge in [0.1, 0.15) is 11.4 Å². The third-order valence-corrected chi connectivity index (χ3v) is 5.50. The summed E-state index contributed by atoms with van der Waals surface area (Å²) in [6, 6.07) is 6.64. The Bertz CT molecular complexity index is 1200. The Morgan fingerprint density at radius 1 is 1.10 bits per heavy atom. The average Bonchev–Trinajstić information content (AvgIpc) is 2.97. The molecule has 0 bridgehead atoms. The van der Waals surface area contributed by atoms with Crippen LogP contribution in [0.15, 0.2) is 35.4 Å². The Hall–Kier alpha value is -3.53. The highest BCUT2D eigenvalue weighted by atomic mass is 32.1. The molecule has 2 heterocycles. The number of thiophene rings is 1. The number of hydrogen-bond acceptors (Lipinski definition) is 6. The van der Waals surface area contributed by atoms with Crippen molar-refractivity contribution in [3.63, 3.8) is 0 Å². The first kappa shape index (κ1) is 21.2. The smallest absolute Gasteiger partial charge is 0.262 e. The number of anilines is 2. The van der Waals surface area contributed by atoms with E-state index in [1.165, 1.54) is 29.2 Å². The minimum absolute atomic E-state index is 0.221. The van der Waals surface area contributed by atoms with Crippen LogP contribution in [0.3, 0.4) is 0 Å². The molecule has 0 aliphatic heterocycles. The number of nitrogens with one attached hydrogen (secondary N) is 3. The summed E-state index contributed by atoms with van der Waals surface area (Å²) in [5.74, 6) is -1.14. The van der Waals surface area contributed by atoms with Gasteiger partial charge in [0.2, 0.25) is 17.7 Å². The van der Waals surface area contributed by atoms with E-state index < -0.39 is 11.8 Å². The molecule has 0 radical (unpaired) electrons. The Balaban J connectivity index is 1.58. The molecule has 3 aromatic rings. The molecular formula is C20H21N5O4S. The van der Waals surface area contributed by atoms with Crippen molar-refractivity contribution in [2.75, 3.05) is 17.2 Å².